The normalized spacial score (nSPS) is 33.0. The van der Waals surface area contributed by atoms with E-state index in [0.717, 1.165) is 12.1 Å². The number of nitrogens with one attached hydrogen (secondary N) is 1. The quantitative estimate of drug-likeness (QED) is 0.772. The molecule has 2 rings (SSSR count). The Morgan fingerprint density at radius 1 is 0.933 bits per heavy atom. The molecule has 0 aromatic carbocycles. The van der Waals surface area contributed by atoms with E-state index in [1.54, 1.807) is 0 Å². The molecule has 0 aromatic rings. The van der Waals surface area contributed by atoms with Crippen molar-refractivity contribution in [2.45, 2.75) is 83.1 Å². The van der Waals surface area contributed by atoms with E-state index in [1.807, 2.05) is 0 Å². The van der Waals surface area contributed by atoms with Crippen molar-refractivity contribution in [3.8, 4) is 0 Å². The third-order valence-electron chi connectivity index (χ3n) is 3.72. The van der Waals surface area contributed by atoms with Crippen molar-refractivity contribution in [2.24, 2.45) is 0 Å². The predicted octanol–water partition coefficient (Wildman–Crippen LogP) is 2.86. The first-order valence-corrected chi connectivity index (χ1v) is 6.65. The van der Waals surface area contributed by atoms with E-state index in [9.17, 15) is 0 Å². The summed E-state index contributed by atoms with van der Waals surface area (Å²) in [6.07, 6.45) is 10.3. The molecular formula is C13H25NO. The van der Waals surface area contributed by atoms with Crippen molar-refractivity contribution in [1.29, 1.82) is 0 Å². The van der Waals surface area contributed by atoms with Crippen molar-refractivity contribution >= 4 is 0 Å². The Labute approximate surface area is 93.8 Å². The predicted molar refractivity (Wildman–Crippen MR) is 63.0 cm³/mol. The Kier molecular flexibility index (Phi) is 4.04. The Balaban J connectivity index is 1.62. The zero-order valence-electron chi connectivity index (χ0n) is 10.2. The summed E-state index contributed by atoms with van der Waals surface area (Å²) in [7, 11) is 0. The maximum atomic E-state index is 5.86. The second-order valence-corrected chi connectivity index (χ2v) is 5.45. The second kappa shape index (κ2) is 5.31. The molecule has 0 aromatic heterocycles. The fourth-order valence-corrected chi connectivity index (χ4v) is 2.66. The van der Waals surface area contributed by atoms with Gasteiger partial charge in [0, 0.05) is 12.1 Å². The van der Waals surface area contributed by atoms with Crippen LogP contribution in [0, 0.1) is 0 Å². The molecule has 15 heavy (non-hydrogen) atoms. The molecular weight excluding hydrogens is 186 g/mol. The molecule has 2 aliphatic carbocycles. The number of hydrogen-bond donors (Lipinski definition) is 1. The number of hydrogen-bond acceptors (Lipinski definition) is 2. The minimum Gasteiger partial charge on any atom is -0.376 e. The van der Waals surface area contributed by atoms with Crippen LogP contribution in [0.3, 0.4) is 0 Å². The van der Waals surface area contributed by atoms with Gasteiger partial charge in [-0.15, -0.1) is 0 Å². The monoisotopic (exact) mass is 211 g/mol. The molecule has 88 valence electrons. The van der Waals surface area contributed by atoms with E-state index in [0.29, 0.717) is 12.2 Å². The lowest BCUT2D eigenvalue weighted by Gasteiger charge is -2.36. The molecule has 1 N–H and O–H groups in total. The van der Waals surface area contributed by atoms with Crippen LogP contribution in [-0.4, -0.2) is 24.3 Å². The van der Waals surface area contributed by atoms with Crippen LogP contribution in [0.5, 0.6) is 0 Å². The first-order valence-electron chi connectivity index (χ1n) is 6.65. The summed E-state index contributed by atoms with van der Waals surface area (Å²) >= 11 is 0. The summed E-state index contributed by atoms with van der Waals surface area (Å²) in [6, 6.07) is 1.62. The van der Waals surface area contributed by atoms with Gasteiger partial charge in [-0.25, -0.2) is 0 Å². The van der Waals surface area contributed by atoms with Gasteiger partial charge in [-0.2, -0.15) is 0 Å². The van der Waals surface area contributed by atoms with Gasteiger partial charge in [0.05, 0.1) is 12.2 Å². The van der Waals surface area contributed by atoms with Gasteiger partial charge in [0.25, 0.3) is 0 Å². The van der Waals surface area contributed by atoms with E-state index >= 15 is 0 Å². The van der Waals surface area contributed by atoms with E-state index in [4.69, 9.17) is 4.74 Å². The van der Waals surface area contributed by atoms with Crippen molar-refractivity contribution in [3.63, 3.8) is 0 Å². The average Bonchev–Trinajstić information content (AvgIpc) is 2.13. The molecule has 0 aliphatic heterocycles. The summed E-state index contributed by atoms with van der Waals surface area (Å²) in [4.78, 5) is 0. The molecule has 0 heterocycles. The number of rotatable bonds is 4. The van der Waals surface area contributed by atoms with Crippen LogP contribution in [0.4, 0.5) is 0 Å². The summed E-state index contributed by atoms with van der Waals surface area (Å²) in [5.41, 5.74) is 0. The zero-order valence-corrected chi connectivity index (χ0v) is 10.2. The molecule has 2 fully saturated rings. The second-order valence-electron chi connectivity index (χ2n) is 5.45. The Hall–Kier alpha value is -0.0800. The largest absolute Gasteiger partial charge is 0.376 e. The highest BCUT2D eigenvalue weighted by Crippen LogP contribution is 2.25. The first-order chi connectivity index (χ1) is 7.24. The average molecular weight is 211 g/mol. The lowest BCUT2D eigenvalue weighted by atomic mass is 9.88. The van der Waals surface area contributed by atoms with E-state index in [2.05, 4.69) is 19.2 Å². The zero-order chi connectivity index (χ0) is 10.7. The van der Waals surface area contributed by atoms with Gasteiger partial charge < -0.3 is 10.1 Å². The topological polar surface area (TPSA) is 21.3 Å². The van der Waals surface area contributed by atoms with Gasteiger partial charge >= 0.3 is 0 Å². The van der Waals surface area contributed by atoms with Crippen molar-refractivity contribution in [2.75, 3.05) is 0 Å². The van der Waals surface area contributed by atoms with Crippen LogP contribution in [-0.2, 0) is 4.74 Å². The minimum atomic E-state index is 0.395. The molecule has 0 bridgehead atoms. The Morgan fingerprint density at radius 2 is 1.53 bits per heavy atom. The molecule has 0 spiro atoms. The summed E-state index contributed by atoms with van der Waals surface area (Å²) in [5, 5.41) is 3.77. The molecule has 0 saturated heterocycles. The van der Waals surface area contributed by atoms with Gasteiger partial charge in [0.1, 0.15) is 0 Å². The summed E-state index contributed by atoms with van der Waals surface area (Å²) in [6.45, 7) is 4.28. The lowest BCUT2D eigenvalue weighted by Crippen LogP contribution is -2.44. The lowest BCUT2D eigenvalue weighted by molar-refractivity contribution is -0.0173. The molecule has 2 aliphatic rings. The highest BCUT2D eigenvalue weighted by molar-refractivity contribution is 4.84. The number of ether oxygens (including phenoxy) is 1. The van der Waals surface area contributed by atoms with Crippen LogP contribution in [0.15, 0.2) is 0 Å². The van der Waals surface area contributed by atoms with Crippen molar-refractivity contribution in [1.82, 2.24) is 5.32 Å². The summed E-state index contributed by atoms with van der Waals surface area (Å²) in [5.74, 6) is 0. The van der Waals surface area contributed by atoms with Crippen LogP contribution < -0.4 is 5.32 Å². The molecule has 2 heteroatoms. The van der Waals surface area contributed by atoms with Crippen molar-refractivity contribution < 1.29 is 4.74 Å². The third-order valence-corrected chi connectivity index (χ3v) is 3.72. The highest BCUT2D eigenvalue weighted by Gasteiger charge is 2.26. The molecule has 0 unspecified atom stereocenters. The smallest absolute Gasteiger partial charge is 0.0579 e. The fourth-order valence-electron chi connectivity index (χ4n) is 2.66. The fraction of sp³-hybridized carbons (Fsp3) is 1.00. The van der Waals surface area contributed by atoms with Gasteiger partial charge in [-0.1, -0.05) is 6.42 Å². The maximum Gasteiger partial charge on any atom is 0.0579 e. The Bertz CT molecular complexity index is 181. The SMILES string of the molecule is CC(C)OC1CCC(NC2CCC2)CC1. The highest BCUT2D eigenvalue weighted by atomic mass is 16.5. The molecule has 0 amide bonds. The van der Waals surface area contributed by atoms with E-state index in [1.165, 1.54) is 44.9 Å². The van der Waals surface area contributed by atoms with Gasteiger partial charge in [-0.3, -0.25) is 0 Å². The summed E-state index contributed by atoms with van der Waals surface area (Å²) < 4.78 is 5.86. The Morgan fingerprint density at radius 3 is 2.00 bits per heavy atom. The van der Waals surface area contributed by atoms with Crippen molar-refractivity contribution in [3.05, 3.63) is 0 Å². The maximum absolute atomic E-state index is 5.86. The van der Waals surface area contributed by atoms with E-state index in [-0.39, 0.29) is 0 Å². The minimum absolute atomic E-state index is 0.395. The van der Waals surface area contributed by atoms with Crippen LogP contribution >= 0.6 is 0 Å². The van der Waals surface area contributed by atoms with Crippen LogP contribution in [0.2, 0.25) is 0 Å². The van der Waals surface area contributed by atoms with Crippen LogP contribution in [0.1, 0.15) is 58.8 Å². The van der Waals surface area contributed by atoms with E-state index < -0.39 is 0 Å². The van der Waals surface area contributed by atoms with Gasteiger partial charge in [0.15, 0.2) is 0 Å². The molecule has 2 nitrogen and oxygen atoms in total. The molecule has 0 radical (unpaired) electrons. The standard InChI is InChI=1S/C13H25NO/c1-10(2)15-13-8-6-12(7-9-13)14-11-4-3-5-11/h10-14H,3-9H2,1-2H3. The van der Waals surface area contributed by atoms with Gasteiger partial charge in [-0.05, 0) is 52.4 Å². The molecule has 2 saturated carbocycles. The third kappa shape index (κ3) is 3.46. The molecule has 0 atom stereocenters. The van der Waals surface area contributed by atoms with Crippen LogP contribution in [0.25, 0.3) is 0 Å². The first kappa shape index (κ1) is 11.4. The van der Waals surface area contributed by atoms with Gasteiger partial charge in [0.2, 0.25) is 0 Å².